The Labute approximate surface area is 108 Å². The van der Waals surface area contributed by atoms with Gasteiger partial charge >= 0.3 is 0 Å². The summed E-state index contributed by atoms with van der Waals surface area (Å²) in [4.78, 5) is 11.7. The van der Waals surface area contributed by atoms with E-state index >= 15 is 0 Å². The molecule has 1 amide bonds. The van der Waals surface area contributed by atoms with Crippen molar-refractivity contribution in [3.8, 4) is 0 Å². The summed E-state index contributed by atoms with van der Waals surface area (Å²) in [6.45, 7) is 4.48. The standard InChI is InChI=1S/C13H24N2OS/c1-9(2)8-17-11-5-6-13(7-11,12(14)16)15-10-3-4-10/h9-11,15H,3-8H2,1-2H3,(H2,14,16). The summed E-state index contributed by atoms with van der Waals surface area (Å²) < 4.78 is 0. The Morgan fingerprint density at radius 1 is 1.47 bits per heavy atom. The van der Waals surface area contributed by atoms with Gasteiger partial charge in [-0.05, 0) is 43.8 Å². The van der Waals surface area contributed by atoms with Crippen LogP contribution < -0.4 is 11.1 Å². The molecule has 0 heterocycles. The largest absolute Gasteiger partial charge is 0.368 e. The first-order chi connectivity index (χ1) is 8.02. The summed E-state index contributed by atoms with van der Waals surface area (Å²) in [5, 5.41) is 4.10. The van der Waals surface area contributed by atoms with E-state index in [1.54, 1.807) is 0 Å². The third kappa shape index (κ3) is 3.38. The predicted octanol–water partition coefficient (Wildman–Crippen LogP) is 1.90. The van der Waals surface area contributed by atoms with Gasteiger partial charge in [0.15, 0.2) is 0 Å². The van der Waals surface area contributed by atoms with Crippen molar-refractivity contribution in [2.75, 3.05) is 5.75 Å². The second-order valence-electron chi connectivity index (χ2n) is 5.96. The fourth-order valence-electron chi connectivity index (χ4n) is 2.52. The van der Waals surface area contributed by atoms with Crippen LogP contribution in [0.3, 0.4) is 0 Å². The summed E-state index contributed by atoms with van der Waals surface area (Å²) >= 11 is 2.01. The molecule has 2 aliphatic carbocycles. The van der Waals surface area contributed by atoms with Crippen molar-refractivity contribution in [2.45, 2.75) is 62.8 Å². The van der Waals surface area contributed by atoms with Gasteiger partial charge in [-0.2, -0.15) is 11.8 Å². The number of rotatable bonds is 6. The molecule has 0 bridgehead atoms. The molecule has 2 rings (SSSR count). The summed E-state index contributed by atoms with van der Waals surface area (Å²) in [5.74, 6) is 1.76. The van der Waals surface area contributed by atoms with Crippen molar-refractivity contribution in [2.24, 2.45) is 11.7 Å². The molecule has 3 N–H and O–H groups in total. The number of thioether (sulfide) groups is 1. The van der Waals surface area contributed by atoms with Crippen LogP contribution in [0.5, 0.6) is 0 Å². The molecule has 2 unspecified atom stereocenters. The van der Waals surface area contributed by atoms with Crippen LogP contribution in [0.4, 0.5) is 0 Å². The van der Waals surface area contributed by atoms with E-state index in [9.17, 15) is 4.79 Å². The average Bonchev–Trinajstić information content (AvgIpc) is 2.94. The average molecular weight is 256 g/mol. The summed E-state index contributed by atoms with van der Waals surface area (Å²) in [7, 11) is 0. The van der Waals surface area contributed by atoms with Crippen molar-refractivity contribution in [1.29, 1.82) is 0 Å². The molecular formula is C13H24N2OS. The normalized spacial score (nSPS) is 33.2. The summed E-state index contributed by atoms with van der Waals surface area (Å²) in [6.07, 6.45) is 5.39. The SMILES string of the molecule is CC(C)CSC1CCC(NC2CC2)(C(N)=O)C1. The van der Waals surface area contributed by atoms with Crippen LogP contribution >= 0.6 is 11.8 Å². The first-order valence-corrected chi connectivity index (χ1v) is 7.76. The van der Waals surface area contributed by atoms with Gasteiger partial charge in [0.1, 0.15) is 0 Å². The van der Waals surface area contributed by atoms with Gasteiger partial charge in [0.05, 0.1) is 5.54 Å². The van der Waals surface area contributed by atoms with E-state index in [2.05, 4.69) is 19.2 Å². The quantitative estimate of drug-likeness (QED) is 0.763. The molecule has 2 fully saturated rings. The third-order valence-corrected chi connectivity index (χ3v) is 5.40. The molecule has 4 heteroatoms. The van der Waals surface area contributed by atoms with Gasteiger partial charge in [0, 0.05) is 11.3 Å². The zero-order chi connectivity index (χ0) is 12.5. The third-order valence-electron chi connectivity index (χ3n) is 3.66. The van der Waals surface area contributed by atoms with Gasteiger partial charge in [-0.15, -0.1) is 0 Å². The number of amides is 1. The molecule has 0 saturated heterocycles. The zero-order valence-corrected chi connectivity index (χ0v) is 11.7. The molecule has 0 aromatic carbocycles. The Kier molecular flexibility index (Phi) is 4.03. The number of carbonyl (C=O) groups excluding carboxylic acids is 1. The first kappa shape index (κ1) is 13.2. The lowest BCUT2D eigenvalue weighted by molar-refractivity contribution is -0.124. The molecule has 0 aromatic heterocycles. The fraction of sp³-hybridized carbons (Fsp3) is 0.923. The van der Waals surface area contributed by atoms with Crippen LogP contribution in [0, 0.1) is 5.92 Å². The molecule has 0 aliphatic heterocycles. The van der Waals surface area contributed by atoms with E-state index < -0.39 is 5.54 Å². The van der Waals surface area contributed by atoms with Crippen LogP contribution in [0.2, 0.25) is 0 Å². The van der Waals surface area contributed by atoms with E-state index in [1.165, 1.54) is 18.6 Å². The van der Waals surface area contributed by atoms with Crippen LogP contribution in [0.1, 0.15) is 46.0 Å². The topological polar surface area (TPSA) is 55.1 Å². The Balaban J connectivity index is 1.88. The summed E-state index contributed by atoms with van der Waals surface area (Å²) in [5.41, 5.74) is 5.22. The lowest BCUT2D eigenvalue weighted by atomic mass is 9.96. The minimum absolute atomic E-state index is 0.142. The van der Waals surface area contributed by atoms with Crippen molar-refractivity contribution >= 4 is 17.7 Å². The molecule has 3 nitrogen and oxygen atoms in total. The molecular weight excluding hydrogens is 232 g/mol. The van der Waals surface area contributed by atoms with Crippen LogP contribution in [0.15, 0.2) is 0 Å². The molecule has 2 atom stereocenters. The Morgan fingerprint density at radius 3 is 2.71 bits per heavy atom. The maximum absolute atomic E-state index is 11.7. The second-order valence-corrected chi connectivity index (χ2v) is 7.29. The van der Waals surface area contributed by atoms with Gasteiger partial charge < -0.3 is 11.1 Å². The molecule has 98 valence electrons. The van der Waals surface area contributed by atoms with Crippen molar-refractivity contribution < 1.29 is 4.79 Å². The van der Waals surface area contributed by atoms with Gasteiger partial charge in [0.25, 0.3) is 0 Å². The molecule has 2 saturated carbocycles. The Bertz CT molecular complexity index is 291. The van der Waals surface area contributed by atoms with E-state index in [0.717, 1.165) is 25.2 Å². The molecule has 0 spiro atoms. The van der Waals surface area contributed by atoms with E-state index in [-0.39, 0.29) is 5.91 Å². The van der Waals surface area contributed by atoms with Crippen molar-refractivity contribution in [1.82, 2.24) is 5.32 Å². The number of primary amides is 1. The molecule has 17 heavy (non-hydrogen) atoms. The highest BCUT2D eigenvalue weighted by atomic mass is 32.2. The maximum atomic E-state index is 11.7. The maximum Gasteiger partial charge on any atom is 0.237 e. The zero-order valence-electron chi connectivity index (χ0n) is 10.9. The number of nitrogens with one attached hydrogen (secondary N) is 1. The minimum Gasteiger partial charge on any atom is -0.368 e. The van der Waals surface area contributed by atoms with Gasteiger partial charge in [-0.3, -0.25) is 4.79 Å². The number of nitrogens with two attached hydrogens (primary N) is 1. The second kappa shape index (κ2) is 5.19. The smallest absolute Gasteiger partial charge is 0.237 e. The highest BCUT2D eigenvalue weighted by molar-refractivity contribution is 7.99. The number of hydrogen-bond acceptors (Lipinski definition) is 3. The number of carbonyl (C=O) groups is 1. The lowest BCUT2D eigenvalue weighted by Gasteiger charge is -2.27. The van der Waals surface area contributed by atoms with Crippen LogP contribution in [0.25, 0.3) is 0 Å². The Morgan fingerprint density at radius 2 is 2.18 bits per heavy atom. The molecule has 2 aliphatic rings. The van der Waals surface area contributed by atoms with Gasteiger partial charge in [-0.25, -0.2) is 0 Å². The van der Waals surface area contributed by atoms with Crippen LogP contribution in [-0.4, -0.2) is 28.5 Å². The molecule has 0 aromatic rings. The number of hydrogen-bond donors (Lipinski definition) is 2. The highest BCUT2D eigenvalue weighted by Gasteiger charge is 2.46. The monoisotopic (exact) mass is 256 g/mol. The van der Waals surface area contributed by atoms with Crippen molar-refractivity contribution in [3.63, 3.8) is 0 Å². The van der Waals surface area contributed by atoms with E-state index in [0.29, 0.717) is 11.3 Å². The summed E-state index contributed by atoms with van der Waals surface area (Å²) in [6, 6.07) is 0.552. The van der Waals surface area contributed by atoms with Crippen LogP contribution in [-0.2, 0) is 4.79 Å². The van der Waals surface area contributed by atoms with E-state index in [1.807, 2.05) is 11.8 Å². The Hall–Kier alpha value is -0.220. The van der Waals surface area contributed by atoms with Crippen molar-refractivity contribution in [3.05, 3.63) is 0 Å². The fourth-order valence-corrected chi connectivity index (χ4v) is 3.86. The first-order valence-electron chi connectivity index (χ1n) is 6.71. The van der Waals surface area contributed by atoms with Gasteiger partial charge in [-0.1, -0.05) is 13.8 Å². The molecule has 0 radical (unpaired) electrons. The lowest BCUT2D eigenvalue weighted by Crippen LogP contribution is -2.54. The van der Waals surface area contributed by atoms with Gasteiger partial charge in [0.2, 0.25) is 5.91 Å². The predicted molar refractivity (Wildman–Crippen MR) is 73.0 cm³/mol. The highest BCUT2D eigenvalue weighted by Crippen LogP contribution is 2.39. The van der Waals surface area contributed by atoms with E-state index in [4.69, 9.17) is 5.73 Å². The minimum atomic E-state index is -0.393.